The Bertz CT molecular complexity index is 506. The third-order valence-corrected chi connectivity index (χ3v) is 2.64. The maximum atomic E-state index is 10.6. The van der Waals surface area contributed by atoms with Crippen LogP contribution in [0.15, 0.2) is 42.6 Å². The molecule has 0 amide bonds. The molecule has 2 aromatic rings. The van der Waals surface area contributed by atoms with E-state index in [9.17, 15) is 4.79 Å². The third-order valence-electron chi connectivity index (χ3n) is 2.64. The standard InChI is InChI=1S/C14H14N2O/c15-14-7-6-12(9-16-14)5-4-11-2-1-3-13(8-11)10-17/h1-3,6-10H,4-5H2,(H2,15,16). The maximum absolute atomic E-state index is 10.6. The van der Waals surface area contributed by atoms with Crippen LogP contribution >= 0.6 is 0 Å². The van der Waals surface area contributed by atoms with Crippen LogP contribution in [0, 0.1) is 0 Å². The number of pyridine rings is 1. The van der Waals surface area contributed by atoms with Gasteiger partial charge >= 0.3 is 0 Å². The summed E-state index contributed by atoms with van der Waals surface area (Å²) in [5.41, 5.74) is 8.55. The van der Waals surface area contributed by atoms with Gasteiger partial charge in [-0.3, -0.25) is 4.79 Å². The van der Waals surface area contributed by atoms with E-state index in [1.165, 1.54) is 0 Å². The third kappa shape index (κ3) is 3.14. The van der Waals surface area contributed by atoms with Crippen LogP contribution in [-0.2, 0) is 12.8 Å². The van der Waals surface area contributed by atoms with Gasteiger partial charge in [-0.2, -0.15) is 0 Å². The van der Waals surface area contributed by atoms with Gasteiger partial charge < -0.3 is 5.73 Å². The largest absolute Gasteiger partial charge is 0.384 e. The van der Waals surface area contributed by atoms with Gasteiger partial charge in [0.25, 0.3) is 0 Å². The number of aryl methyl sites for hydroxylation is 2. The molecule has 0 aliphatic rings. The Labute approximate surface area is 100 Å². The van der Waals surface area contributed by atoms with Crippen molar-refractivity contribution in [2.24, 2.45) is 0 Å². The van der Waals surface area contributed by atoms with Crippen molar-refractivity contribution in [3.05, 3.63) is 59.3 Å². The average Bonchev–Trinajstić information content (AvgIpc) is 2.38. The highest BCUT2D eigenvalue weighted by Gasteiger charge is 1.98. The zero-order valence-corrected chi connectivity index (χ0v) is 9.47. The lowest BCUT2D eigenvalue weighted by atomic mass is 10.0. The molecule has 0 saturated carbocycles. The molecule has 17 heavy (non-hydrogen) atoms. The first kappa shape index (κ1) is 11.3. The Balaban J connectivity index is 2.01. The number of carbonyl (C=O) groups excluding carboxylic acids is 1. The number of rotatable bonds is 4. The molecule has 3 heteroatoms. The Morgan fingerprint density at radius 2 is 1.94 bits per heavy atom. The highest BCUT2D eigenvalue weighted by molar-refractivity contribution is 5.74. The molecule has 3 nitrogen and oxygen atoms in total. The molecule has 0 unspecified atom stereocenters. The normalized spacial score (nSPS) is 10.1. The molecule has 0 atom stereocenters. The second-order valence-corrected chi connectivity index (χ2v) is 3.95. The van der Waals surface area contributed by atoms with Gasteiger partial charge in [-0.15, -0.1) is 0 Å². The molecule has 0 saturated heterocycles. The lowest BCUT2D eigenvalue weighted by Gasteiger charge is -2.03. The van der Waals surface area contributed by atoms with E-state index in [-0.39, 0.29) is 0 Å². The van der Waals surface area contributed by atoms with Crippen LogP contribution in [0.3, 0.4) is 0 Å². The molecule has 0 fully saturated rings. The van der Waals surface area contributed by atoms with Crippen LogP contribution < -0.4 is 5.73 Å². The topological polar surface area (TPSA) is 56.0 Å². The number of aldehydes is 1. The lowest BCUT2D eigenvalue weighted by molar-refractivity contribution is 0.112. The monoisotopic (exact) mass is 226 g/mol. The molecule has 0 bridgehead atoms. The average molecular weight is 226 g/mol. The predicted molar refractivity (Wildman–Crippen MR) is 67.9 cm³/mol. The molecule has 0 aliphatic heterocycles. The van der Waals surface area contributed by atoms with Gasteiger partial charge in [-0.05, 0) is 36.1 Å². The number of aromatic nitrogens is 1. The van der Waals surface area contributed by atoms with Crippen molar-refractivity contribution in [3.8, 4) is 0 Å². The molecule has 0 radical (unpaired) electrons. The van der Waals surface area contributed by atoms with Gasteiger partial charge in [0.05, 0.1) is 0 Å². The van der Waals surface area contributed by atoms with Crippen LogP contribution in [0.4, 0.5) is 5.82 Å². The second kappa shape index (κ2) is 5.25. The smallest absolute Gasteiger partial charge is 0.150 e. The molecule has 1 heterocycles. The first-order valence-corrected chi connectivity index (χ1v) is 5.52. The Morgan fingerprint density at radius 1 is 1.12 bits per heavy atom. The van der Waals surface area contributed by atoms with E-state index < -0.39 is 0 Å². The fraction of sp³-hybridized carbons (Fsp3) is 0.143. The van der Waals surface area contributed by atoms with Crippen LogP contribution in [0.2, 0.25) is 0 Å². The number of nitrogen functional groups attached to an aromatic ring is 1. The summed E-state index contributed by atoms with van der Waals surface area (Å²) in [6.45, 7) is 0. The molecule has 0 spiro atoms. The molecule has 86 valence electrons. The minimum absolute atomic E-state index is 0.539. The zero-order valence-electron chi connectivity index (χ0n) is 9.47. The highest BCUT2D eigenvalue weighted by atomic mass is 16.1. The van der Waals surface area contributed by atoms with Gasteiger partial charge in [0, 0.05) is 11.8 Å². The second-order valence-electron chi connectivity index (χ2n) is 3.95. The van der Waals surface area contributed by atoms with E-state index in [2.05, 4.69) is 4.98 Å². The summed E-state index contributed by atoms with van der Waals surface area (Å²) in [6, 6.07) is 11.4. The van der Waals surface area contributed by atoms with Crippen molar-refractivity contribution in [2.75, 3.05) is 5.73 Å². The molecule has 2 rings (SSSR count). The Kier molecular flexibility index (Phi) is 3.50. The van der Waals surface area contributed by atoms with E-state index in [0.717, 1.165) is 35.8 Å². The number of hydrogen-bond acceptors (Lipinski definition) is 3. The molecular weight excluding hydrogens is 212 g/mol. The Morgan fingerprint density at radius 3 is 2.65 bits per heavy atom. The summed E-state index contributed by atoms with van der Waals surface area (Å²) < 4.78 is 0. The number of nitrogens with two attached hydrogens (primary N) is 1. The van der Waals surface area contributed by atoms with Crippen molar-refractivity contribution >= 4 is 12.1 Å². The summed E-state index contributed by atoms with van der Waals surface area (Å²) in [4.78, 5) is 14.7. The van der Waals surface area contributed by atoms with Gasteiger partial charge in [0.15, 0.2) is 0 Å². The Hall–Kier alpha value is -2.16. The van der Waals surface area contributed by atoms with Crippen LogP contribution in [0.5, 0.6) is 0 Å². The van der Waals surface area contributed by atoms with E-state index in [1.54, 1.807) is 18.3 Å². The fourth-order valence-electron chi connectivity index (χ4n) is 1.69. The SMILES string of the molecule is Nc1ccc(CCc2cccc(C=O)c2)cn1. The molecule has 0 aliphatic carbocycles. The van der Waals surface area contributed by atoms with Crippen molar-refractivity contribution < 1.29 is 4.79 Å². The van der Waals surface area contributed by atoms with E-state index in [4.69, 9.17) is 5.73 Å². The predicted octanol–water partition coefficient (Wildman–Crippen LogP) is 2.26. The van der Waals surface area contributed by atoms with E-state index >= 15 is 0 Å². The zero-order chi connectivity index (χ0) is 12.1. The quantitative estimate of drug-likeness (QED) is 0.813. The summed E-state index contributed by atoms with van der Waals surface area (Å²) >= 11 is 0. The number of hydrogen-bond donors (Lipinski definition) is 1. The van der Waals surface area contributed by atoms with Gasteiger partial charge in [0.2, 0.25) is 0 Å². The number of benzene rings is 1. The minimum Gasteiger partial charge on any atom is -0.384 e. The summed E-state index contributed by atoms with van der Waals surface area (Å²) in [6.07, 6.45) is 4.45. The van der Waals surface area contributed by atoms with E-state index in [1.807, 2.05) is 24.3 Å². The molecule has 1 aromatic carbocycles. The van der Waals surface area contributed by atoms with Gasteiger partial charge in [0.1, 0.15) is 12.1 Å². The summed E-state index contributed by atoms with van der Waals surface area (Å²) in [7, 11) is 0. The first-order valence-electron chi connectivity index (χ1n) is 5.52. The summed E-state index contributed by atoms with van der Waals surface area (Å²) in [5, 5.41) is 0. The van der Waals surface area contributed by atoms with Crippen LogP contribution in [0.1, 0.15) is 21.5 Å². The highest BCUT2D eigenvalue weighted by Crippen LogP contribution is 2.09. The van der Waals surface area contributed by atoms with Crippen LogP contribution in [0.25, 0.3) is 0 Å². The van der Waals surface area contributed by atoms with Gasteiger partial charge in [-0.25, -0.2) is 4.98 Å². The number of carbonyl (C=O) groups is 1. The van der Waals surface area contributed by atoms with Crippen molar-refractivity contribution in [2.45, 2.75) is 12.8 Å². The minimum atomic E-state index is 0.539. The lowest BCUT2D eigenvalue weighted by Crippen LogP contribution is -1.95. The van der Waals surface area contributed by atoms with Crippen molar-refractivity contribution in [3.63, 3.8) is 0 Å². The summed E-state index contributed by atoms with van der Waals surface area (Å²) in [5.74, 6) is 0.539. The molecule has 1 aromatic heterocycles. The first-order chi connectivity index (χ1) is 8.28. The van der Waals surface area contributed by atoms with Crippen molar-refractivity contribution in [1.29, 1.82) is 0 Å². The van der Waals surface area contributed by atoms with Gasteiger partial charge in [-0.1, -0.05) is 24.3 Å². The maximum Gasteiger partial charge on any atom is 0.150 e. The van der Waals surface area contributed by atoms with Crippen LogP contribution in [-0.4, -0.2) is 11.3 Å². The fourth-order valence-corrected chi connectivity index (χ4v) is 1.69. The van der Waals surface area contributed by atoms with E-state index in [0.29, 0.717) is 5.82 Å². The number of nitrogens with zero attached hydrogens (tertiary/aromatic N) is 1. The molecular formula is C14H14N2O. The van der Waals surface area contributed by atoms with Crippen molar-refractivity contribution in [1.82, 2.24) is 4.98 Å². The number of anilines is 1. The molecule has 2 N–H and O–H groups in total.